The average Bonchev–Trinajstić information content (AvgIpc) is 2.38. The van der Waals surface area contributed by atoms with E-state index in [1.54, 1.807) is 18.3 Å². The van der Waals surface area contributed by atoms with Crippen LogP contribution in [0, 0.1) is 10.1 Å². The van der Waals surface area contributed by atoms with Gasteiger partial charge in [-0.25, -0.2) is 0 Å². The van der Waals surface area contributed by atoms with Gasteiger partial charge in [-0.3, -0.25) is 19.9 Å². The van der Waals surface area contributed by atoms with E-state index in [0.29, 0.717) is 19.4 Å². The van der Waals surface area contributed by atoms with Crippen LogP contribution < -0.4 is 0 Å². The molecule has 0 unspecified atom stereocenters. The van der Waals surface area contributed by atoms with Crippen LogP contribution in [0.15, 0.2) is 29.3 Å². The van der Waals surface area contributed by atoms with E-state index in [9.17, 15) is 14.9 Å². The minimum absolute atomic E-state index is 0.0536. The van der Waals surface area contributed by atoms with Crippen LogP contribution in [0.4, 0.5) is 5.69 Å². The lowest BCUT2D eigenvalue weighted by atomic mass is 10.2. The summed E-state index contributed by atoms with van der Waals surface area (Å²) in [6, 6.07) is 6.11. The van der Waals surface area contributed by atoms with Crippen molar-refractivity contribution in [1.82, 2.24) is 0 Å². The van der Waals surface area contributed by atoms with E-state index >= 15 is 0 Å². The number of esters is 1. The van der Waals surface area contributed by atoms with Gasteiger partial charge in [0.25, 0.3) is 5.69 Å². The summed E-state index contributed by atoms with van der Waals surface area (Å²) in [7, 11) is 1.35. The number of non-ortho nitro benzene ring substituents is 1. The molecule has 1 aromatic rings. The van der Waals surface area contributed by atoms with Gasteiger partial charge in [0.2, 0.25) is 0 Å². The normalized spacial score (nSPS) is 10.5. The lowest BCUT2D eigenvalue weighted by Gasteiger charge is -1.96. The maximum atomic E-state index is 10.8. The monoisotopic (exact) mass is 250 g/mol. The van der Waals surface area contributed by atoms with E-state index in [1.807, 2.05) is 0 Å². The fraction of sp³-hybridized carbons (Fsp3) is 0.333. The Hall–Kier alpha value is -2.24. The molecule has 0 bridgehead atoms. The molecule has 0 atom stereocenters. The second kappa shape index (κ2) is 7.16. The van der Waals surface area contributed by atoms with Crippen molar-refractivity contribution in [2.24, 2.45) is 4.99 Å². The van der Waals surface area contributed by atoms with E-state index in [2.05, 4.69) is 9.73 Å². The number of ether oxygens (including phenoxy) is 1. The number of methoxy groups -OCH3 is 1. The minimum Gasteiger partial charge on any atom is -0.469 e. The number of benzene rings is 1. The number of nitro benzene ring substituents is 1. The number of nitro groups is 1. The zero-order valence-electron chi connectivity index (χ0n) is 10.0. The van der Waals surface area contributed by atoms with Gasteiger partial charge >= 0.3 is 5.97 Å². The zero-order chi connectivity index (χ0) is 13.4. The molecule has 6 heteroatoms. The molecular formula is C12H14N2O4. The second-order valence-corrected chi connectivity index (χ2v) is 3.56. The molecule has 0 fully saturated rings. The van der Waals surface area contributed by atoms with Crippen LogP contribution >= 0.6 is 0 Å². The first-order chi connectivity index (χ1) is 8.63. The standard InChI is InChI=1S/C12H14N2O4/c1-18-12(15)3-2-8-13-9-10-4-6-11(7-5-10)14(16)17/h4-7,9H,2-3,8H2,1H3. The molecule has 0 saturated carbocycles. The first kappa shape index (κ1) is 13.8. The van der Waals surface area contributed by atoms with Crippen molar-refractivity contribution in [2.45, 2.75) is 12.8 Å². The molecule has 0 aliphatic rings. The van der Waals surface area contributed by atoms with Crippen molar-refractivity contribution in [2.75, 3.05) is 13.7 Å². The summed E-state index contributed by atoms with van der Waals surface area (Å²) in [6.45, 7) is 0.520. The molecule has 0 N–H and O–H groups in total. The lowest BCUT2D eigenvalue weighted by Crippen LogP contribution is -2.00. The predicted molar refractivity (Wildman–Crippen MR) is 66.8 cm³/mol. The predicted octanol–water partition coefficient (Wildman–Crippen LogP) is 1.97. The van der Waals surface area contributed by atoms with Crippen LogP contribution in [0.25, 0.3) is 0 Å². The van der Waals surface area contributed by atoms with E-state index in [-0.39, 0.29) is 11.7 Å². The van der Waals surface area contributed by atoms with Gasteiger partial charge in [-0.15, -0.1) is 0 Å². The van der Waals surface area contributed by atoms with Crippen molar-refractivity contribution in [3.05, 3.63) is 39.9 Å². The first-order valence-corrected chi connectivity index (χ1v) is 5.44. The van der Waals surface area contributed by atoms with Gasteiger partial charge in [0.1, 0.15) is 0 Å². The molecule has 18 heavy (non-hydrogen) atoms. The fourth-order valence-electron chi connectivity index (χ4n) is 1.27. The highest BCUT2D eigenvalue weighted by Gasteiger charge is 2.02. The van der Waals surface area contributed by atoms with Crippen LogP contribution in [0.2, 0.25) is 0 Å². The SMILES string of the molecule is COC(=O)CCCN=Cc1ccc([N+](=O)[O-])cc1. The van der Waals surface area contributed by atoms with Gasteiger partial charge in [0.15, 0.2) is 0 Å². The van der Waals surface area contributed by atoms with Crippen LogP contribution in [0.5, 0.6) is 0 Å². The highest BCUT2D eigenvalue weighted by atomic mass is 16.6. The number of carbonyl (C=O) groups is 1. The molecule has 0 spiro atoms. The highest BCUT2D eigenvalue weighted by molar-refractivity contribution is 5.79. The van der Waals surface area contributed by atoms with Crippen LogP contribution in [-0.4, -0.2) is 30.8 Å². The summed E-state index contributed by atoms with van der Waals surface area (Å²) in [5.41, 5.74) is 0.844. The summed E-state index contributed by atoms with van der Waals surface area (Å²) in [5, 5.41) is 10.4. The maximum Gasteiger partial charge on any atom is 0.305 e. The number of nitrogens with zero attached hydrogens (tertiary/aromatic N) is 2. The van der Waals surface area contributed by atoms with E-state index in [4.69, 9.17) is 0 Å². The van der Waals surface area contributed by atoms with Gasteiger partial charge in [0, 0.05) is 31.3 Å². The van der Waals surface area contributed by atoms with Crippen molar-refractivity contribution in [3.8, 4) is 0 Å². The molecule has 0 radical (unpaired) electrons. The average molecular weight is 250 g/mol. The van der Waals surface area contributed by atoms with Gasteiger partial charge in [-0.1, -0.05) is 0 Å². The van der Waals surface area contributed by atoms with Crippen LogP contribution in [0.1, 0.15) is 18.4 Å². The van der Waals surface area contributed by atoms with Crippen molar-refractivity contribution < 1.29 is 14.5 Å². The molecule has 0 aliphatic heterocycles. The molecule has 1 rings (SSSR count). The maximum absolute atomic E-state index is 10.8. The smallest absolute Gasteiger partial charge is 0.305 e. The Morgan fingerprint density at radius 2 is 2.11 bits per heavy atom. The Balaban J connectivity index is 2.38. The van der Waals surface area contributed by atoms with Crippen LogP contribution in [0.3, 0.4) is 0 Å². The third-order valence-electron chi connectivity index (χ3n) is 2.24. The number of rotatable bonds is 6. The van der Waals surface area contributed by atoms with Gasteiger partial charge in [0.05, 0.1) is 12.0 Å². The Kier molecular flexibility index (Phi) is 5.50. The quantitative estimate of drug-likeness (QED) is 0.254. The molecular weight excluding hydrogens is 236 g/mol. The topological polar surface area (TPSA) is 81.8 Å². The number of carbonyl (C=O) groups excluding carboxylic acids is 1. The molecule has 0 saturated heterocycles. The third kappa shape index (κ3) is 4.73. The van der Waals surface area contributed by atoms with E-state index < -0.39 is 4.92 Å². The summed E-state index contributed by atoms with van der Waals surface area (Å²) >= 11 is 0. The molecule has 0 amide bonds. The Morgan fingerprint density at radius 3 is 2.67 bits per heavy atom. The molecule has 96 valence electrons. The fourth-order valence-corrected chi connectivity index (χ4v) is 1.27. The summed E-state index contributed by atoms with van der Waals surface area (Å²) in [6.07, 6.45) is 2.59. The van der Waals surface area contributed by atoms with Crippen molar-refractivity contribution in [1.29, 1.82) is 0 Å². The zero-order valence-corrected chi connectivity index (χ0v) is 10.0. The summed E-state index contributed by atoms with van der Waals surface area (Å²) in [4.78, 5) is 24.9. The van der Waals surface area contributed by atoms with Crippen molar-refractivity contribution >= 4 is 17.9 Å². The first-order valence-electron chi connectivity index (χ1n) is 5.44. The molecule has 6 nitrogen and oxygen atoms in total. The molecule has 0 aromatic heterocycles. The molecule has 1 aromatic carbocycles. The van der Waals surface area contributed by atoms with Gasteiger partial charge < -0.3 is 4.74 Å². The minimum atomic E-state index is -0.447. The second-order valence-electron chi connectivity index (χ2n) is 3.56. The Labute approximate surface area is 104 Å². The summed E-state index contributed by atoms with van der Waals surface area (Å²) in [5.74, 6) is -0.250. The number of hydrogen-bond donors (Lipinski definition) is 0. The lowest BCUT2D eigenvalue weighted by molar-refractivity contribution is -0.384. The third-order valence-corrected chi connectivity index (χ3v) is 2.24. The Bertz CT molecular complexity index is 440. The van der Waals surface area contributed by atoms with Crippen LogP contribution in [-0.2, 0) is 9.53 Å². The molecule has 0 heterocycles. The molecule has 0 aliphatic carbocycles. The van der Waals surface area contributed by atoms with E-state index in [1.165, 1.54) is 19.2 Å². The summed E-state index contributed by atoms with van der Waals surface area (Å²) < 4.78 is 4.50. The van der Waals surface area contributed by atoms with Crippen molar-refractivity contribution in [3.63, 3.8) is 0 Å². The number of aliphatic imine (C=N–C) groups is 1. The largest absolute Gasteiger partial charge is 0.469 e. The van der Waals surface area contributed by atoms with E-state index in [0.717, 1.165) is 5.56 Å². The van der Waals surface area contributed by atoms with Gasteiger partial charge in [-0.05, 0) is 24.1 Å². The highest BCUT2D eigenvalue weighted by Crippen LogP contribution is 2.10. The van der Waals surface area contributed by atoms with Gasteiger partial charge in [-0.2, -0.15) is 0 Å². The number of hydrogen-bond acceptors (Lipinski definition) is 5. The Morgan fingerprint density at radius 1 is 1.44 bits per heavy atom.